The molecule has 20 heavy (non-hydrogen) atoms. The Morgan fingerprint density at radius 3 is 2.65 bits per heavy atom. The first-order chi connectivity index (χ1) is 9.61. The Kier molecular flexibility index (Phi) is 5.05. The highest BCUT2D eigenvalue weighted by Gasteiger charge is 2.10. The summed E-state index contributed by atoms with van der Waals surface area (Å²) >= 11 is 6.22. The Hall–Kier alpha value is -1.51. The highest BCUT2D eigenvalue weighted by atomic mass is 35.5. The molecule has 2 rings (SSSR count). The molecule has 1 N–H and O–H groups in total. The molecule has 0 bridgehead atoms. The van der Waals surface area contributed by atoms with Crippen molar-refractivity contribution in [2.45, 2.75) is 26.4 Å². The molecule has 0 amide bonds. The molecule has 0 radical (unpaired) electrons. The highest BCUT2D eigenvalue weighted by Crippen LogP contribution is 2.24. The fourth-order valence-electron chi connectivity index (χ4n) is 2.24. The summed E-state index contributed by atoms with van der Waals surface area (Å²) in [7, 11) is 1.70. The topological polar surface area (TPSA) is 21.3 Å². The van der Waals surface area contributed by atoms with Crippen molar-refractivity contribution in [1.82, 2.24) is 5.32 Å². The van der Waals surface area contributed by atoms with Crippen molar-refractivity contribution in [2.75, 3.05) is 7.11 Å². The van der Waals surface area contributed by atoms with Gasteiger partial charge in [-0.1, -0.05) is 47.5 Å². The molecule has 0 aromatic heterocycles. The van der Waals surface area contributed by atoms with Crippen LogP contribution in [0.1, 0.15) is 29.7 Å². The molecule has 0 aliphatic heterocycles. The van der Waals surface area contributed by atoms with Crippen LogP contribution in [-0.2, 0) is 6.54 Å². The molecule has 106 valence electrons. The third-order valence-electron chi connectivity index (χ3n) is 3.41. The van der Waals surface area contributed by atoms with Crippen LogP contribution in [-0.4, -0.2) is 7.11 Å². The summed E-state index contributed by atoms with van der Waals surface area (Å²) in [5, 5.41) is 4.29. The Balaban J connectivity index is 2.09. The van der Waals surface area contributed by atoms with Gasteiger partial charge < -0.3 is 10.1 Å². The molecule has 0 aliphatic carbocycles. The molecule has 0 aliphatic rings. The maximum absolute atomic E-state index is 6.22. The summed E-state index contributed by atoms with van der Waals surface area (Å²) in [6.07, 6.45) is 0. The van der Waals surface area contributed by atoms with E-state index in [0.717, 1.165) is 28.4 Å². The number of halogens is 1. The lowest BCUT2D eigenvalue weighted by molar-refractivity contribution is 0.406. The van der Waals surface area contributed by atoms with Gasteiger partial charge in [0.15, 0.2) is 0 Å². The van der Waals surface area contributed by atoms with Gasteiger partial charge in [0, 0.05) is 23.2 Å². The normalized spacial score (nSPS) is 12.2. The van der Waals surface area contributed by atoms with Gasteiger partial charge in [-0.25, -0.2) is 0 Å². The third kappa shape index (κ3) is 3.53. The number of ether oxygens (including phenoxy) is 1. The second-order valence-electron chi connectivity index (χ2n) is 4.94. The van der Waals surface area contributed by atoms with E-state index in [4.69, 9.17) is 16.3 Å². The van der Waals surface area contributed by atoms with Gasteiger partial charge in [-0.15, -0.1) is 0 Å². The van der Waals surface area contributed by atoms with Crippen LogP contribution in [0.3, 0.4) is 0 Å². The van der Waals surface area contributed by atoms with Gasteiger partial charge in [-0.05, 0) is 31.5 Å². The maximum atomic E-state index is 6.22. The van der Waals surface area contributed by atoms with E-state index in [0.29, 0.717) is 0 Å². The summed E-state index contributed by atoms with van der Waals surface area (Å²) < 4.78 is 5.40. The van der Waals surface area contributed by atoms with Crippen molar-refractivity contribution >= 4 is 11.6 Å². The molecule has 0 saturated heterocycles. The Labute approximate surface area is 125 Å². The van der Waals surface area contributed by atoms with E-state index in [2.05, 4.69) is 31.3 Å². The zero-order valence-corrected chi connectivity index (χ0v) is 12.9. The standard InChI is InChI=1S/C17H20ClNO/c1-12-8-9-17(20-3)14(10-12)11-19-13(2)15-6-4-5-7-16(15)18/h4-10,13,19H,11H2,1-3H3/t13-/m1/s1. The van der Waals surface area contributed by atoms with E-state index in [1.165, 1.54) is 5.56 Å². The van der Waals surface area contributed by atoms with Crippen molar-refractivity contribution in [3.05, 3.63) is 64.2 Å². The van der Waals surface area contributed by atoms with E-state index in [1.54, 1.807) is 7.11 Å². The van der Waals surface area contributed by atoms with Crippen LogP contribution < -0.4 is 10.1 Å². The lowest BCUT2D eigenvalue weighted by Gasteiger charge is -2.17. The van der Waals surface area contributed by atoms with Crippen LogP contribution in [0.15, 0.2) is 42.5 Å². The van der Waals surface area contributed by atoms with Crippen molar-refractivity contribution in [2.24, 2.45) is 0 Å². The number of hydrogen-bond acceptors (Lipinski definition) is 2. The van der Waals surface area contributed by atoms with Crippen LogP contribution in [0.2, 0.25) is 5.02 Å². The summed E-state index contributed by atoms with van der Waals surface area (Å²) in [4.78, 5) is 0. The van der Waals surface area contributed by atoms with Gasteiger partial charge in [0.2, 0.25) is 0 Å². The number of nitrogens with one attached hydrogen (secondary N) is 1. The van der Waals surface area contributed by atoms with Gasteiger partial charge in [-0.3, -0.25) is 0 Å². The number of benzene rings is 2. The molecule has 0 heterocycles. The monoisotopic (exact) mass is 289 g/mol. The molecule has 1 atom stereocenters. The fourth-order valence-corrected chi connectivity index (χ4v) is 2.54. The second-order valence-corrected chi connectivity index (χ2v) is 5.35. The largest absolute Gasteiger partial charge is 0.496 e. The molecule has 2 aromatic rings. The molecule has 2 nitrogen and oxygen atoms in total. The van der Waals surface area contributed by atoms with Gasteiger partial charge in [0.05, 0.1) is 7.11 Å². The van der Waals surface area contributed by atoms with Gasteiger partial charge in [0.25, 0.3) is 0 Å². The molecule has 0 saturated carbocycles. The Morgan fingerprint density at radius 2 is 1.95 bits per heavy atom. The molecule has 2 aromatic carbocycles. The minimum atomic E-state index is 0.189. The minimum Gasteiger partial charge on any atom is -0.496 e. The second kappa shape index (κ2) is 6.78. The van der Waals surface area contributed by atoms with Crippen molar-refractivity contribution in [3.63, 3.8) is 0 Å². The van der Waals surface area contributed by atoms with E-state index in [-0.39, 0.29) is 6.04 Å². The van der Waals surface area contributed by atoms with E-state index < -0.39 is 0 Å². The van der Waals surface area contributed by atoms with Gasteiger partial charge in [-0.2, -0.15) is 0 Å². The van der Waals surface area contributed by atoms with Crippen molar-refractivity contribution in [3.8, 4) is 5.75 Å². The molecular formula is C17H20ClNO. The first kappa shape index (κ1) is 14.9. The molecule has 0 unspecified atom stereocenters. The summed E-state index contributed by atoms with van der Waals surface area (Å²) in [6, 6.07) is 14.3. The van der Waals surface area contributed by atoms with Crippen LogP contribution >= 0.6 is 11.6 Å². The predicted octanol–water partition coefficient (Wildman–Crippen LogP) is 4.51. The number of rotatable bonds is 5. The number of hydrogen-bond donors (Lipinski definition) is 1. The number of aryl methyl sites for hydroxylation is 1. The summed E-state index contributed by atoms with van der Waals surface area (Å²) in [5.41, 5.74) is 3.50. The van der Waals surface area contributed by atoms with Crippen LogP contribution in [0, 0.1) is 6.92 Å². The van der Waals surface area contributed by atoms with E-state index in [1.807, 2.05) is 30.3 Å². The lowest BCUT2D eigenvalue weighted by Crippen LogP contribution is -2.18. The van der Waals surface area contributed by atoms with E-state index in [9.17, 15) is 0 Å². The van der Waals surface area contributed by atoms with Gasteiger partial charge >= 0.3 is 0 Å². The summed E-state index contributed by atoms with van der Waals surface area (Å²) in [5.74, 6) is 0.912. The van der Waals surface area contributed by atoms with Gasteiger partial charge in [0.1, 0.15) is 5.75 Å². The van der Waals surface area contributed by atoms with Crippen LogP contribution in [0.4, 0.5) is 0 Å². The lowest BCUT2D eigenvalue weighted by atomic mass is 10.1. The SMILES string of the molecule is COc1ccc(C)cc1CN[C@H](C)c1ccccc1Cl. The summed E-state index contributed by atoms with van der Waals surface area (Å²) in [6.45, 7) is 4.95. The van der Waals surface area contributed by atoms with Crippen molar-refractivity contribution < 1.29 is 4.74 Å². The van der Waals surface area contributed by atoms with Crippen LogP contribution in [0.25, 0.3) is 0 Å². The smallest absolute Gasteiger partial charge is 0.123 e. The number of methoxy groups -OCH3 is 1. The first-order valence-corrected chi connectivity index (χ1v) is 7.11. The third-order valence-corrected chi connectivity index (χ3v) is 3.75. The fraction of sp³-hybridized carbons (Fsp3) is 0.294. The molecule has 3 heteroatoms. The zero-order valence-electron chi connectivity index (χ0n) is 12.1. The van der Waals surface area contributed by atoms with Crippen molar-refractivity contribution in [1.29, 1.82) is 0 Å². The quantitative estimate of drug-likeness (QED) is 0.874. The molecule has 0 fully saturated rings. The minimum absolute atomic E-state index is 0.189. The Bertz CT molecular complexity index is 583. The predicted molar refractivity (Wildman–Crippen MR) is 84.4 cm³/mol. The average Bonchev–Trinajstić information content (AvgIpc) is 2.45. The molecular weight excluding hydrogens is 270 g/mol. The maximum Gasteiger partial charge on any atom is 0.123 e. The average molecular weight is 290 g/mol. The van der Waals surface area contributed by atoms with Crippen LogP contribution in [0.5, 0.6) is 5.75 Å². The highest BCUT2D eigenvalue weighted by molar-refractivity contribution is 6.31. The first-order valence-electron chi connectivity index (χ1n) is 6.73. The zero-order chi connectivity index (χ0) is 14.5. The Morgan fingerprint density at radius 1 is 1.20 bits per heavy atom. The van der Waals surface area contributed by atoms with E-state index >= 15 is 0 Å². The molecule has 0 spiro atoms.